The molecule has 32 heavy (non-hydrogen) atoms. The first kappa shape index (κ1) is 22.1. The Morgan fingerprint density at radius 2 is 1.59 bits per heavy atom. The number of rotatable bonds is 8. The van der Waals surface area contributed by atoms with Crippen LogP contribution in [0, 0.1) is 5.92 Å². The van der Waals surface area contributed by atoms with Crippen molar-refractivity contribution < 1.29 is 14.3 Å². The van der Waals surface area contributed by atoms with E-state index in [1.165, 1.54) is 10.5 Å². The van der Waals surface area contributed by atoms with Gasteiger partial charge in [-0.1, -0.05) is 49.4 Å². The van der Waals surface area contributed by atoms with Gasteiger partial charge in [0.1, 0.15) is 11.4 Å². The summed E-state index contributed by atoms with van der Waals surface area (Å²) in [6.07, 6.45) is 3.85. The highest BCUT2D eigenvalue weighted by Crippen LogP contribution is 2.35. The summed E-state index contributed by atoms with van der Waals surface area (Å²) in [4.78, 5) is 30.1. The molecule has 2 aromatic carbocycles. The lowest BCUT2D eigenvalue weighted by atomic mass is 9.89. The summed E-state index contributed by atoms with van der Waals surface area (Å²) in [5.74, 6) is 1.04. The van der Waals surface area contributed by atoms with Crippen molar-refractivity contribution in [3.8, 4) is 5.75 Å². The highest BCUT2D eigenvalue weighted by molar-refractivity contribution is 6.35. The fraction of sp³-hybridized carbons (Fsp3) is 0.407. The highest BCUT2D eigenvalue weighted by Gasteiger charge is 2.41. The third-order valence-corrected chi connectivity index (χ3v) is 6.34. The van der Waals surface area contributed by atoms with E-state index in [4.69, 9.17) is 4.74 Å². The van der Waals surface area contributed by atoms with Gasteiger partial charge < -0.3 is 9.64 Å². The molecule has 1 fully saturated rings. The van der Waals surface area contributed by atoms with Gasteiger partial charge in [0.15, 0.2) is 0 Å². The molecular weight excluding hydrogens is 400 g/mol. The van der Waals surface area contributed by atoms with E-state index in [9.17, 15) is 9.59 Å². The molecule has 5 nitrogen and oxygen atoms in total. The fourth-order valence-electron chi connectivity index (χ4n) is 4.74. The van der Waals surface area contributed by atoms with Gasteiger partial charge in [0.05, 0.1) is 12.2 Å². The van der Waals surface area contributed by atoms with Crippen molar-refractivity contribution in [3.63, 3.8) is 0 Å². The average molecular weight is 433 g/mol. The minimum absolute atomic E-state index is 0.151. The van der Waals surface area contributed by atoms with Crippen molar-refractivity contribution in [3.05, 3.63) is 71.4 Å². The standard InChI is InChI=1S/C27H32N2O3/c1-3-16-29-26(30)24(22-10-12-23(13-11-22)32-4-2)25(27(29)31)28-17-14-21(15-18-28)19-20-8-6-5-7-9-20/h5-13,21H,3-4,14-19H2,1-2H3. The van der Waals surface area contributed by atoms with Crippen molar-refractivity contribution in [2.75, 3.05) is 26.2 Å². The van der Waals surface area contributed by atoms with Gasteiger partial charge in [-0.15, -0.1) is 0 Å². The first-order valence-corrected chi connectivity index (χ1v) is 11.7. The molecule has 0 bridgehead atoms. The maximum absolute atomic E-state index is 13.3. The van der Waals surface area contributed by atoms with Gasteiger partial charge in [0.25, 0.3) is 11.8 Å². The molecule has 0 N–H and O–H groups in total. The Kier molecular flexibility index (Phi) is 6.93. The molecule has 0 aromatic heterocycles. The van der Waals surface area contributed by atoms with Gasteiger partial charge in [-0.05, 0) is 61.8 Å². The van der Waals surface area contributed by atoms with Crippen LogP contribution >= 0.6 is 0 Å². The monoisotopic (exact) mass is 432 g/mol. The largest absolute Gasteiger partial charge is 0.494 e. The molecular formula is C27H32N2O3. The van der Waals surface area contributed by atoms with Gasteiger partial charge in [-0.2, -0.15) is 0 Å². The molecule has 0 unspecified atom stereocenters. The molecule has 2 aliphatic rings. The molecule has 1 saturated heterocycles. The number of likely N-dealkylation sites (tertiary alicyclic amines) is 1. The fourth-order valence-corrected chi connectivity index (χ4v) is 4.74. The number of hydrogen-bond acceptors (Lipinski definition) is 4. The van der Waals surface area contributed by atoms with E-state index in [1.54, 1.807) is 0 Å². The van der Waals surface area contributed by atoms with Crippen LogP contribution in [0.5, 0.6) is 5.75 Å². The molecule has 5 heteroatoms. The molecule has 2 aromatic rings. The number of amides is 2. The SMILES string of the molecule is CCCN1C(=O)C(c2ccc(OCC)cc2)=C(N2CCC(Cc3ccccc3)CC2)C1=O. The predicted octanol–water partition coefficient (Wildman–Crippen LogP) is 4.53. The molecule has 0 aliphatic carbocycles. The van der Waals surface area contributed by atoms with Crippen molar-refractivity contribution in [2.45, 2.75) is 39.5 Å². The van der Waals surface area contributed by atoms with Crippen LogP contribution in [0.4, 0.5) is 0 Å². The number of ether oxygens (including phenoxy) is 1. The van der Waals surface area contributed by atoms with E-state index in [-0.39, 0.29) is 11.8 Å². The van der Waals surface area contributed by atoms with E-state index in [0.717, 1.165) is 50.1 Å². The van der Waals surface area contributed by atoms with Crippen molar-refractivity contribution in [2.24, 2.45) is 5.92 Å². The van der Waals surface area contributed by atoms with E-state index >= 15 is 0 Å². The number of imide groups is 1. The summed E-state index contributed by atoms with van der Waals surface area (Å²) in [5.41, 5.74) is 3.26. The van der Waals surface area contributed by atoms with Crippen molar-refractivity contribution in [1.82, 2.24) is 9.80 Å². The van der Waals surface area contributed by atoms with Crippen LogP contribution in [-0.2, 0) is 16.0 Å². The third-order valence-electron chi connectivity index (χ3n) is 6.34. The van der Waals surface area contributed by atoms with E-state index < -0.39 is 0 Å². The Hall–Kier alpha value is -3.08. The molecule has 0 spiro atoms. The quantitative estimate of drug-likeness (QED) is 0.575. The smallest absolute Gasteiger partial charge is 0.277 e. The molecule has 168 valence electrons. The molecule has 0 atom stereocenters. The van der Waals surface area contributed by atoms with Crippen LogP contribution in [0.25, 0.3) is 5.57 Å². The maximum Gasteiger partial charge on any atom is 0.277 e. The molecule has 4 rings (SSSR count). The molecule has 2 amide bonds. The average Bonchev–Trinajstić information content (AvgIpc) is 3.06. The van der Waals surface area contributed by atoms with Gasteiger partial charge in [-0.25, -0.2) is 0 Å². The second-order valence-corrected chi connectivity index (χ2v) is 8.56. The van der Waals surface area contributed by atoms with Gasteiger partial charge in [0.2, 0.25) is 0 Å². The minimum atomic E-state index is -0.178. The number of carbonyl (C=O) groups is 2. The number of nitrogens with zero attached hydrogens (tertiary/aromatic N) is 2. The maximum atomic E-state index is 13.3. The number of piperidine rings is 1. The van der Waals surface area contributed by atoms with E-state index in [1.807, 2.05) is 44.2 Å². The summed E-state index contributed by atoms with van der Waals surface area (Å²) in [6.45, 7) is 6.57. The second kappa shape index (κ2) is 10.0. The van der Waals surface area contributed by atoms with Crippen LogP contribution in [0.15, 0.2) is 60.3 Å². The summed E-state index contributed by atoms with van der Waals surface area (Å²) in [5, 5.41) is 0. The lowest BCUT2D eigenvalue weighted by Gasteiger charge is -2.34. The van der Waals surface area contributed by atoms with Crippen LogP contribution in [0.2, 0.25) is 0 Å². The zero-order valence-corrected chi connectivity index (χ0v) is 19.0. The van der Waals surface area contributed by atoms with E-state index in [2.05, 4.69) is 29.2 Å². The summed E-state index contributed by atoms with van der Waals surface area (Å²) < 4.78 is 5.55. The third kappa shape index (κ3) is 4.57. The summed E-state index contributed by atoms with van der Waals surface area (Å²) in [7, 11) is 0. The zero-order valence-electron chi connectivity index (χ0n) is 19.0. The number of hydrogen-bond donors (Lipinski definition) is 0. The molecule has 0 saturated carbocycles. The summed E-state index contributed by atoms with van der Waals surface area (Å²) in [6, 6.07) is 18.1. The normalized spacial score (nSPS) is 17.4. The van der Waals surface area contributed by atoms with Crippen LogP contribution in [0.3, 0.4) is 0 Å². The lowest BCUT2D eigenvalue weighted by molar-refractivity contribution is -0.137. The number of benzene rings is 2. The van der Waals surface area contributed by atoms with Crippen LogP contribution in [-0.4, -0.2) is 47.9 Å². The van der Waals surface area contributed by atoms with E-state index in [0.29, 0.717) is 30.3 Å². The lowest BCUT2D eigenvalue weighted by Crippen LogP contribution is -2.39. The minimum Gasteiger partial charge on any atom is -0.494 e. The second-order valence-electron chi connectivity index (χ2n) is 8.56. The first-order chi connectivity index (χ1) is 15.6. The Labute approximate surface area is 190 Å². The predicted molar refractivity (Wildman–Crippen MR) is 126 cm³/mol. The van der Waals surface area contributed by atoms with Crippen molar-refractivity contribution in [1.29, 1.82) is 0 Å². The van der Waals surface area contributed by atoms with Crippen LogP contribution < -0.4 is 4.74 Å². The van der Waals surface area contributed by atoms with Gasteiger partial charge >= 0.3 is 0 Å². The molecule has 0 radical (unpaired) electrons. The topological polar surface area (TPSA) is 49.9 Å². The summed E-state index contributed by atoms with van der Waals surface area (Å²) >= 11 is 0. The van der Waals surface area contributed by atoms with Gasteiger partial charge in [-0.3, -0.25) is 14.5 Å². The molecule has 2 heterocycles. The first-order valence-electron chi connectivity index (χ1n) is 11.7. The Balaban J connectivity index is 1.56. The van der Waals surface area contributed by atoms with Crippen LogP contribution in [0.1, 0.15) is 44.2 Å². The number of carbonyl (C=O) groups excluding carboxylic acids is 2. The Morgan fingerprint density at radius 1 is 0.906 bits per heavy atom. The Bertz CT molecular complexity index is 974. The highest BCUT2D eigenvalue weighted by atomic mass is 16.5. The zero-order chi connectivity index (χ0) is 22.5. The van der Waals surface area contributed by atoms with Gasteiger partial charge in [0, 0.05) is 19.6 Å². The molecule has 2 aliphatic heterocycles. The Morgan fingerprint density at radius 3 is 2.22 bits per heavy atom. The van der Waals surface area contributed by atoms with Crippen molar-refractivity contribution >= 4 is 17.4 Å².